The summed E-state index contributed by atoms with van der Waals surface area (Å²) < 4.78 is 68.5. The van der Waals surface area contributed by atoms with E-state index in [0.29, 0.717) is 5.56 Å². The molecule has 4 rings (SSSR count). The Hall–Kier alpha value is -3.41. The minimum Gasteiger partial charge on any atom is -0.399 e. The Balaban J connectivity index is 1.61. The number of aryl methyl sites for hydroxylation is 1. The van der Waals surface area contributed by atoms with Crippen LogP contribution < -0.4 is 4.74 Å². The fourth-order valence-electron chi connectivity index (χ4n) is 3.71. The molecule has 6 heteroatoms. The highest BCUT2D eigenvalue weighted by Gasteiger charge is 2.34. The Kier molecular flexibility index (Phi) is 5.87. The van der Waals surface area contributed by atoms with Gasteiger partial charge in [0.05, 0.1) is 0 Å². The average molecular weight is 442 g/mol. The van der Waals surface area contributed by atoms with Crippen LogP contribution in [0.1, 0.15) is 18.9 Å². The third-order valence-corrected chi connectivity index (χ3v) is 5.21. The van der Waals surface area contributed by atoms with E-state index in [4.69, 9.17) is 0 Å². The molecular weight excluding hydrogens is 423 g/mol. The molecule has 0 unspecified atom stereocenters. The van der Waals surface area contributed by atoms with E-state index >= 15 is 0 Å². The summed E-state index contributed by atoms with van der Waals surface area (Å²) in [5, 5.41) is 2.26. The van der Waals surface area contributed by atoms with Crippen LogP contribution in [-0.2, 0) is 6.42 Å². The standard InChI is InChI=1S/C26H19F5O/c1-2-3-16-4-5-21-13-20(11-10-19(21)12-16)17-6-8-18(9-7-17)22-14-23(27)25(24(28)15-22)32-26(29,30)31/h4-15H,2-3H2,1H3. The number of alkyl halides is 3. The molecule has 4 aromatic carbocycles. The van der Waals surface area contributed by atoms with Crippen LogP contribution in [-0.4, -0.2) is 6.36 Å². The molecule has 0 saturated heterocycles. The third-order valence-electron chi connectivity index (χ3n) is 5.21. The number of hydrogen-bond acceptors (Lipinski definition) is 1. The van der Waals surface area contributed by atoms with E-state index in [-0.39, 0.29) is 5.56 Å². The summed E-state index contributed by atoms with van der Waals surface area (Å²) in [5.41, 5.74) is 3.77. The SMILES string of the molecule is CCCc1ccc2cc(-c3ccc(-c4cc(F)c(OC(F)(F)F)c(F)c4)cc3)ccc2c1. The lowest BCUT2D eigenvalue weighted by Crippen LogP contribution is -2.19. The van der Waals surface area contributed by atoms with Gasteiger partial charge >= 0.3 is 6.36 Å². The number of ether oxygens (including phenoxy) is 1. The van der Waals surface area contributed by atoms with Crippen molar-refractivity contribution in [3.8, 4) is 28.0 Å². The number of benzene rings is 4. The summed E-state index contributed by atoms with van der Waals surface area (Å²) in [6, 6.07) is 21.1. The third kappa shape index (κ3) is 4.74. The highest BCUT2D eigenvalue weighted by atomic mass is 19.4. The van der Waals surface area contributed by atoms with Crippen molar-refractivity contribution in [2.45, 2.75) is 26.1 Å². The maximum absolute atomic E-state index is 14.0. The van der Waals surface area contributed by atoms with Crippen LogP contribution in [0.2, 0.25) is 0 Å². The molecule has 0 heterocycles. The zero-order chi connectivity index (χ0) is 22.9. The zero-order valence-electron chi connectivity index (χ0n) is 17.1. The predicted octanol–water partition coefficient (Wildman–Crippen LogP) is 8.30. The van der Waals surface area contributed by atoms with Gasteiger partial charge in [-0.25, -0.2) is 8.78 Å². The summed E-state index contributed by atoms with van der Waals surface area (Å²) in [6.45, 7) is 2.14. The minimum atomic E-state index is -5.18. The lowest BCUT2D eigenvalue weighted by Gasteiger charge is -2.12. The Bertz CT molecular complexity index is 1240. The Labute approximate surface area is 182 Å². The van der Waals surface area contributed by atoms with Gasteiger partial charge in [0.25, 0.3) is 0 Å². The van der Waals surface area contributed by atoms with Crippen molar-refractivity contribution < 1.29 is 26.7 Å². The molecule has 32 heavy (non-hydrogen) atoms. The molecule has 164 valence electrons. The second-order valence-corrected chi connectivity index (χ2v) is 7.54. The normalized spacial score (nSPS) is 11.7. The zero-order valence-corrected chi connectivity index (χ0v) is 17.1. The van der Waals surface area contributed by atoms with Crippen molar-refractivity contribution in [1.29, 1.82) is 0 Å². The molecule has 0 aliphatic heterocycles. The van der Waals surface area contributed by atoms with Gasteiger partial charge in [-0.3, -0.25) is 0 Å². The summed E-state index contributed by atoms with van der Waals surface area (Å²) in [5.74, 6) is -4.30. The van der Waals surface area contributed by atoms with E-state index in [0.717, 1.165) is 46.9 Å². The van der Waals surface area contributed by atoms with Gasteiger partial charge in [-0.15, -0.1) is 13.2 Å². The molecule has 0 radical (unpaired) electrons. The van der Waals surface area contributed by atoms with E-state index in [9.17, 15) is 22.0 Å². The van der Waals surface area contributed by atoms with Crippen molar-refractivity contribution in [2.75, 3.05) is 0 Å². The Morgan fingerprint density at radius 1 is 0.656 bits per heavy atom. The highest BCUT2D eigenvalue weighted by Crippen LogP contribution is 2.34. The number of hydrogen-bond donors (Lipinski definition) is 0. The maximum atomic E-state index is 14.0. The molecule has 0 amide bonds. The van der Waals surface area contributed by atoms with Crippen molar-refractivity contribution in [3.63, 3.8) is 0 Å². The average Bonchev–Trinajstić information content (AvgIpc) is 2.75. The fraction of sp³-hybridized carbons (Fsp3) is 0.154. The first-order valence-corrected chi connectivity index (χ1v) is 10.1. The molecule has 0 aromatic heterocycles. The molecule has 0 saturated carbocycles. The molecule has 1 nitrogen and oxygen atoms in total. The molecule has 0 fully saturated rings. The topological polar surface area (TPSA) is 9.23 Å². The van der Waals surface area contributed by atoms with Gasteiger partial charge < -0.3 is 4.74 Å². The van der Waals surface area contributed by atoms with Gasteiger partial charge in [-0.05, 0) is 63.2 Å². The van der Waals surface area contributed by atoms with Gasteiger partial charge in [0.15, 0.2) is 11.6 Å². The van der Waals surface area contributed by atoms with Gasteiger partial charge in [0, 0.05) is 0 Å². The van der Waals surface area contributed by atoms with Crippen LogP contribution in [0, 0.1) is 11.6 Å². The van der Waals surface area contributed by atoms with Crippen LogP contribution in [0.25, 0.3) is 33.0 Å². The summed E-state index contributed by atoms with van der Waals surface area (Å²) in [7, 11) is 0. The first kappa shape index (κ1) is 21.8. The summed E-state index contributed by atoms with van der Waals surface area (Å²) in [4.78, 5) is 0. The molecular formula is C26H19F5O. The minimum absolute atomic E-state index is 0.114. The van der Waals surface area contributed by atoms with Gasteiger partial charge in [-0.1, -0.05) is 67.9 Å². The fourth-order valence-corrected chi connectivity index (χ4v) is 3.71. The van der Waals surface area contributed by atoms with Crippen molar-refractivity contribution in [2.24, 2.45) is 0 Å². The van der Waals surface area contributed by atoms with Crippen LogP contribution >= 0.6 is 0 Å². The smallest absolute Gasteiger partial charge is 0.399 e. The first-order valence-electron chi connectivity index (χ1n) is 10.1. The first-order chi connectivity index (χ1) is 15.2. The Morgan fingerprint density at radius 3 is 1.78 bits per heavy atom. The van der Waals surface area contributed by atoms with Crippen LogP contribution in [0.4, 0.5) is 22.0 Å². The van der Waals surface area contributed by atoms with E-state index in [1.807, 2.05) is 6.07 Å². The molecule has 4 aromatic rings. The van der Waals surface area contributed by atoms with Crippen LogP contribution in [0.15, 0.2) is 72.8 Å². The summed E-state index contributed by atoms with van der Waals surface area (Å²) >= 11 is 0. The van der Waals surface area contributed by atoms with Crippen molar-refractivity contribution in [1.82, 2.24) is 0 Å². The quantitative estimate of drug-likeness (QED) is 0.283. The number of rotatable bonds is 5. The van der Waals surface area contributed by atoms with Crippen molar-refractivity contribution >= 4 is 10.8 Å². The maximum Gasteiger partial charge on any atom is 0.573 e. The van der Waals surface area contributed by atoms with Crippen LogP contribution in [0.3, 0.4) is 0 Å². The number of fused-ring (bicyclic) bond motifs is 1. The second kappa shape index (κ2) is 8.61. The monoisotopic (exact) mass is 442 g/mol. The van der Waals surface area contributed by atoms with E-state index < -0.39 is 23.7 Å². The van der Waals surface area contributed by atoms with E-state index in [2.05, 4.69) is 42.0 Å². The Morgan fingerprint density at radius 2 is 1.19 bits per heavy atom. The van der Waals surface area contributed by atoms with Gasteiger partial charge in [0.2, 0.25) is 5.75 Å². The largest absolute Gasteiger partial charge is 0.573 e. The summed E-state index contributed by atoms with van der Waals surface area (Å²) in [6.07, 6.45) is -3.06. The lowest BCUT2D eigenvalue weighted by molar-refractivity contribution is -0.276. The molecule has 0 bridgehead atoms. The molecule has 0 N–H and O–H groups in total. The number of halogens is 5. The second-order valence-electron chi connectivity index (χ2n) is 7.54. The molecule has 0 spiro atoms. The van der Waals surface area contributed by atoms with E-state index in [1.54, 1.807) is 24.3 Å². The van der Waals surface area contributed by atoms with E-state index in [1.165, 1.54) is 5.56 Å². The van der Waals surface area contributed by atoms with Gasteiger partial charge in [0.1, 0.15) is 0 Å². The lowest BCUT2D eigenvalue weighted by atomic mass is 9.97. The molecule has 0 aliphatic rings. The van der Waals surface area contributed by atoms with Gasteiger partial charge in [-0.2, -0.15) is 0 Å². The van der Waals surface area contributed by atoms with Crippen molar-refractivity contribution in [3.05, 3.63) is 90.0 Å². The molecule has 0 aliphatic carbocycles. The highest BCUT2D eigenvalue weighted by molar-refractivity contribution is 5.88. The van der Waals surface area contributed by atoms with Crippen LogP contribution in [0.5, 0.6) is 5.75 Å². The molecule has 0 atom stereocenters. The predicted molar refractivity (Wildman–Crippen MR) is 115 cm³/mol.